The van der Waals surface area contributed by atoms with Gasteiger partial charge >= 0.3 is 0 Å². The summed E-state index contributed by atoms with van der Waals surface area (Å²) in [4.78, 5) is 9.21. The molecule has 0 bridgehead atoms. The van der Waals surface area contributed by atoms with Gasteiger partial charge in [-0.1, -0.05) is 23.7 Å². The number of halogens is 2. The van der Waals surface area contributed by atoms with E-state index in [1.807, 2.05) is 18.2 Å². The Hall–Kier alpha value is -0.730. The third-order valence-electron chi connectivity index (χ3n) is 1.06. The molecule has 4 heteroatoms. The molecular formula is C9H10Cl2O2. The van der Waals surface area contributed by atoms with E-state index in [0.717, 1.165) is 5.75 Å². The van der Waals surface area contributed by atoms with Gasteiger partial charge in [-0.05, 0) is 23.7 Å². The Morgan fingerprint density at radius 2 is 1.85 bits per heavy atom. The maximum absolute atomic E-state index is 9.21. The van der Waals surface area contributed by atoms with Crippen LogP contribution in [0.15, 0.2) is 24.3 Å². The van der Waals surface area contributed by atoms with E-state index < -0.39 is 0 Å². The van der Waals surface area contributed by atoms with Gasteiger partial charge < -0.3 is 4.74 Å². The molecule has 72 valence electrons. The first-order valence-electron chi connectivity index (χ1n) is 3.52. The molecule has 1 aromatic rings. The molecule has 13 heavy (non-hydrogen) atoms. The first kappa shape index (κ1) is 12.3. The molecule has 0 saturated carbocycles. The van der Waals surface area contributed by atoms with E-state index in [9.17, 15) is 4.79 Å². The SMILES string of the molecule is CC(=O)Cl.COc1ccccc1Cl. The molecule has 0 heterocycles. The monoisotopic (exact) mass is 220 g/mol. The normalized spacial score (nSPS) is 8.31. The maximum Gasteiger partial charge on any atom is 0.218 e. The molecule has 0 amide bonds. The average Bonchev–Trinajstić information content (AvgIpc) is 2.04. The second kappa shape index (κ2) is 6.75. The summed E-state index contributed by atoms with van der Waals surface area (Å²) in [6.45, 7) is 1.29. The summed E-state index contributed by atoms with van der Waals surface area (Å²) in [6.07, 6.45) is 0. The molecule has 0 radical (unpaired) electrons. The highest BCUT2D eigenvalue weighted by Gasteiger charge is 1.93. The molecule has 2 nitrogen and oxygen atoms in total. The fourth-order valence-corrected chi connectivity index (χ4v) is 0.823. The summed E-state index contributed by atoms with van der Waals surface area (Å²) in [7, 11) is 1.60. The third-order valence-corrected chi connectivity index (χ3v) is 1.37. The number of hydrogen-bond acceptors (Lipinski definition) is 2. The Balaban J connectivity index is 0.000000310. The minimum Gasteiger partial charge on any atom is -0.495 e. The molecule has 0 saturated heterocycles. The molecule has 0 aliphatic heterocycles. The fraction of sp³-hybridized carbons (Fsp3) is 0.222. The lowest BCUT2D eigenvalue weighted by molar-refractivity contribution is -0.109. The van der Waals surface area contributed by atoms with Gasteiger partial charge in [0.25, 0.3) is 0 Å². The van der Waals surface area contributed by atoms with E-state index >= 15 is 0 Å². The van der Waals surface area contributed by atoms with Crippen LogP contribution in [0, 0.1) is 0 Å². The summed E-state index contributed by atoms with van der Waals surface area (Å²) in [6, 6.07) is 7.36. The van der Waals surface area contributed by atoms with Crippen molar-refractivity contribution in [1.82, 2.24) is 0 Å². The molecule has 0 fully saturated rings. The predicted octanol–water partition coefficient (Wildman–Crippen LogP) is 3.12. The van der Waals surface area contributed by atoms with Crippen molar-refractivity contribution >= 4 is 28.4 Å². The van der Waals surface area contributed by atoms with Crippen LogP contribution in [0.1, 0.15) is 6.92 Å². The summed E-state index contributed by atoms with van der Waals surface area (Å²) in [5.74, 6) is 0.721. The summed E-state index contributed by atoms with van der Waals surface area (Å²) >= 11 is 10.3. The van der Waals surface area contributed by atoms with Crippen molar-refractivity contribution in [2.24, 2.45) is 0 Å². The molecular weight excluding hydrogens is 211 g/mol. The van der Waals surface area contributed by atoms with Crippen molar-refractivity contribution in [1.29, 1.82) is 0 Å². The number of benzene rings is 1. The molecule has 1 aromatic carbocycles. The Labute approximate surface area is 87.4 Å². The van der Waals surface area contributed by atoms with E-state index in [1.54, 1.807) is 13.2 Å². The highest BCUT2D eigenvalue weighted by Crippen LogP contribution is 2.21. The predicted molar refractivity (Wildman–Crippen MR) is 54.5 cm³/mol. The zero-order chi connectivity index (χ0) is 10.3. The van der Waals surface area contributed by atoms with Crippen LogP contribution in [0.5, 0.6) is 5.75 Å². The largest absolute Gasteiger partial charge is 0.495 e. The standard InChI is InChI=1S/C7H7ClO.C2H3ClO/c1-9-7-5-3-2-4-6(7)8;1-2(3)4/h2-5H,1H3;1H3. The van der Waals surface area contributed by atoms with Crippen molar-refractivity contribution in [3.8, 4) is 5.75 Å². The van der Waals surface area contributed by atoms with Crippen LogP contribution in [-0.4, -0.2) is 12.4 Å². The van der Waals surface area contributed by atoms with Crippen LogP contribution >= 0.6 is 23.2 Å². The zero-order valence-corrected chi connectivity index (χ0v) is 8.89. The van der Waals surface area contributed by atoms with Crippen LogP contribution in [-0.2, 0) is 4.79 Å². The molecule has 0 aliphatic carbocycles. The van der Waals surface area contributed by atoms with Crippen molar-refractivity contribution in [2.75, 3.05) is 7.11 Å². The third kappa shape index (κ3) is 6.43. The van der Waals surface area contributed by atoms with E-state index in [-0.39, 0.29) is 5.24 Å². The lowest BCUT2D eigenvalue weighted by Crippen LogP contribution is -1.81. The van der Waals surface area contributed by atoms with Gasteiger partial charge in [-0.15, -0.1) is 0 Å². The Kier molecular flexibility index (Phi) is 6.37. The van der Waals surface area contributed by atoms with Gasteiger partial charge in [0.2, 0.25) is 5.24 Å². The van der Waals surface area contributed by atoms with Crippen LogP contribution in [0.3, 0.4) is 0 Å². The summed E-state index contributed by atoms with van der Waals surface area (Å²) in [5.41, 5.74) is 0. The van der Waals surface area contributed by atoms with Gasteiger partial charge in [0.05, 0.1) is 12.1 Å². The molecule has 0 aromatic heterocycles. The number of carbonyl (C=O) groups is 1. The Morgan fingerprint density at radius 1 is 1.38 bits per heavy atom. The second-order valence-electron chi connectivity index (χ2n) is 2.10. The van der Waals surface area contributed by atoms with Crippen LogP contribution in [0.4, 0.5) is 0 Å². The fourth-order valence-electron chi connectivity index (χ4n) is 0.610. The lowest BCUT2D eigenvalue weighted by atomic mass is 10.3. The number of hydrogen-bond donors (Lipinski definition) is 0. The summed E-state index contributed by atoms with van der Waals surface area (Å²) < 4.78 is 4.91. The lowest BCUT2D eigenvalue weighted by Gasteiger charge is -1.98. The first-order chi connectivity index (χ1) is 6.07. The minimum atomic E-state index is -0.361. The van der Waals surface area contributed by atoms with Gasteiger partial charge in [-0.3, -0.25) is 4.79 Å². The number of rotatable bonds is 1. The average molecular weight is 221 g/mol. The molecule has 1 rings (SSSR count). The number of carbonyl (C=O) groups excluding carboxylic acids is 1. The number of ether oxygens (including phenoxy) is 1. The molecule has 0 atom stereocenters. The highest BCUT2D eigenvalue weighted by atomic mass is 35.5. The van der Waals surface area contributed by atoms with E-state index in [1.165, 1.54) is 6.92 Å². The van der Waals surface area contributed by atoms with Gasteiger partial charge in [0.1, 0.15) is 5.75 Å². The first-order valence-corrected chi connectivity index (χ1v) is 4.28. The second-order valence-corrected chi connectivity index (χ2v) is 3.04. The van der Waals surface area contributed by atoms with Gasteiger partial charge in [0.15, 0.2) is 0 Å². The van der Waals surface area contributed by atoms with Crippen LogP contribution < -0.4 is 4.74 Å². The molecule has 0 N–H and O–H groups in total. The molecule has 0 unspecified atom stereocenters. The van der Waals surface area contributed by atoms with Gasteiger partial charge in [-0.25, -0.2) is 0 Å². The van der Waals surface area contributed by atoms with E-state index in [2.05, 4.69) is 11.6 Å². The number of para-hydroxylation sites is 1. The van der Waals surface area contributed by atoms with Crippen LogP contribution in [0.25, 0.3) is 0 Å². The van der Waals surface area contributed by atoms with E-state index in [0.29, 0.717) is 5.02 Å². The van der Waals surface area contributed by atoms with E-state index in [4.69, 9.17) is 16.3 Å². The van der Waals surface area contributed by atoms with Crippen molar-refractivity contribution < 1.29 is 9.53 Å². The zero-order valence-electron chi connectivity index (χ0n) is 7.38. The van der Waals surface area contributed by atoms with Crippen molar-refractivity contribution in [2.45, 2.75) is 6.92 Å². The van der Waals surface area contributed by atoms with Crippen molar-refractivity contribution in [3.63, 3.8) is 0 Å². The smallest absolute Gasteiger partial charge is 0.218 e. The minimum absolute atomic E-state index is 0.361. The Bertz CT molecular complexity index is 270. The number of methoxy groups -OCH3 is 1. The maximum atomic E-state index is 9.21. The molecule has 0 aliphatic rings. The topological polar surface area (TPSA) is 26.3 Å². The Morgan fingerprint density at radius 3 is 2.15 bits per heavy atom. The van der Waals surface area contributed by atoms with Gasteiger partial charge in [0, 0.05) is 6.92 Å². The highest BCUT2D eigenvalue weighted by molar-refractivity contribution is 6.62. The van der Waals surface area contributed by atoms with Crippen LogP contribution in [0.2, 0.25) is 5.02 Å². The van der Waals surface area contributed by atoms with Crippen molar-refractivity contribution in [3.05, 3.63) is 29.3 Å². The summed E-state index contributed by atoms with van der Waals surface area (Å²) in [5, 5.41) is 0.292. The molecule has 0 spiro atoms. The van der Waals surface area contributed by atoms with Gasteiger partial charge in [-0.2, -0.15) is 0 Å². The quantitative estimate of drug-likeness (QED) is 0.681.